The van der Waals surface area contributed by atoms with Gasteiger partial charge in [0.1, 0.15) is 4.21 Å². The normalized spacial score (nSPS) is 13.9. The zero-order valence-corrected chi connectivity index (χ0v) is 20.8. The van der Waals surface area contributed by atoms with Gasteiger partial charge >= 0.3 is 6.03 Å². The minimum Gasteiger partial charge on any atom is -0.386 e. The molecule has 0 aliphatic heterocycles. The summed E-state index contributed by atoms with van der Waals surface area (Å²) in [5.41, 5.74) is 4.93. The SMILES string of the molecule is CC(C)(O)c1csc(S(=O)NC(=O)Nc2c3c(cc(C#N)c2-c2ccn4cncc4c2)CCC3)c1. The molecule has 8 nitrogen and oxygen atoms in total. The lowest BCUT2D eigenvalue weighted by Crippen LogP contribution is -2.31. The van der Waals surface area contributed by atoms with Crippen LogP contribution in [0.15, 0.2) is 52.6 Å². The van der Waals surface area contributed by atoms with E-state index >= 15 is 0 Å². The number of carbonyl (C=O) groups excluding carboxylic acids is 1. The summed E-state index contributed by atoms with van der Waals surface area (Å²) in [6.07, 6.45) is 7.84. The Morgan fingerprint density at radius 1 is 1.31 bits per heavy atom. The molecule has 2 amide bonds. The van der Waals surface area contributed by atoms with E-state index in [4.69, 9.17) is 0 Å². The van der Waals surface area contributed by atoms with Gasteiger partial charge in [0, 0.05) is 11.8 Å². The lowest BCUT2D eigenvalue weighted by molar-refractivity contribution is 0.0789. The Labute approximate surface area is 208 Å². The number of pyridine rings is 1. The first-order chi connectivity index (χ1) is 16.7. The van der Waals surface area contributed by atoms with Gasteiger partial charge in [0.15, 0.2) is 11.0 Å². The average Bonchev–Trinajstić information content (AvgIpc) is 3.57. The van der Waals surface area contributed by atoms with Crippen LogP contribution >= 0.6 is 11.3 Å². The number of imidazole rings is 1. The number of aliphatic hydroxyl groups is 1. The van der Waals surface area contributed by atoms with Gasteiger partial charge in [-0.05, 0) is 85.0 Å². The van der Waals surface area contributed by atoms with Crippen LogP contribution in [0.1, 0.15) is 42.5 Å². The number of thiophene rings is 1. The smallest absolute Gasteiger partial charge is 0.331 e. The number of carbonyl (C=O) groups is 1. The molecule has 1 unspecified atom stereocenters. The van der Waals surface area contributed by atoms with Crippen LogP contribution in [0.3, 0.4) is 0 Å². The number of fused-ring (bicyclic) bond motifs is 2. The molecule has 178 valence electrons. The maximum absolute atomic E-state index is 13.0. The quantitative estimate of drug-likeness (QED) is 0.369. The fourth-order valence-corrected chi connectivity index (χ4v) is 6.32. The van der Waals surface area contributed by atoms with Gasteiger partial charge < -0.3 is 14.8 Å². The van der Waals surface area contributed by atoms with Crippen molar-refractivity contribution in [3.8, 4) is 17.2 Å². The molecule has 0 saturated heterocycles. The number of urea groups is 1. The molecule has 4 aromatic rings. The van der Waals surface area contributed by atoms with Crippen molar-refractivity contribution in [1.29, 1.82) is 5.26 Å². The van der Waals surface area contributed by atoms with Crippen LogP contribution in [-0.4, -0.2) is 24.7 Å². The molecule has 1 aliphatic carbocycles. The fraction of sp³-hybridized carbons (Fsp3) is 0.240. The van der Waals surface area contributed by atoms with Crippen molar-refractivity contribution < 1.29 is 14.1 Å². The third kappa shape index (κ3) is 4.46. The molecule has 0 radical (unpaired) electrons. The maximum atomic E-state index is 13.0. The van der Waals surface area contributed by atoms with Crippen LogP contribution < -0.4 is 10.0 Å². The van der Waals surface area contributed by atoms with E-state index in [1.807, 2.05) is 28.8 Å². The second kappa shape index (κ2) is 8.92. The first kappa shape index (κ1) is 23.2. The minimum absolute atomic E-state index is 0.430. The Hall–Kier alpha value is -3.52. The molecule has 0 bridgehead atoms. The van der Waals surface area contributed by atoms with Crippen LogP contribution in [0.5, 0.6) is 0 Å². The zero-order chi connectivity index (χ0) is 24.7. The van der Waals surface area contributed by atoms with Gasteiger partial charge in [-0.1, -0.05) is 0 Å². The molecule has 1 aromatic carbocycles. The largest absolute Gasteiger partial charge is 0.386 e. The molecule has 3 N–H and O–H groups in total. The van der Waals surface area contributed by atoms with Crippen LogP contribution in [0, 0.1) is 11.3 Å². The van der Waals surface area contributed by atoms with Gasteiger partial charge in [0.25, 0.3) is 0 Å². The highest BCUT2D eigenvalue weighted by Gasteiger charge is 2.25. The number of benzene rings is 1. The van der Waals surface area contributed by atoms with Crippen LogP contribution in [0.4, 0.5) is 10.5 Å². The number of hydrogen-bond donors (Lipinski definition) is 3. The summed E-state index contributed by atoms with van der Waals surface area (Å²) >= 11 is 1.21. The summed E-state index contributed by atoms with van der Waals surface area (Å²) in [4.78, 5) is 17.2. The van der Waals surface area contributed by atoms with Crippen molar-refractivity contribution >= 4 is 39.6 Å². The van der Waals surface area contributed by atoms with Crippen LogP contribution in [-0.2, 0) is 29.4 Å². The Bertz CT molecular complexity index is 1520. The number of anilines is 1. The number of hydrogen-bond acceptors (Lipinski definition) is 6. The molecule has 1 aliphatic rings. The third-order valence-corrected chi connectivity index (χ3v) is 8.43. The predicted octanol–water partition coefficient (Wildman–Crippen LogP) is 4.49. The number of aromatic nitrogens is 2. The van der Waals surface area contributed by atoms with E-state index in [9.17, 15) is 19.4 Å². The van der Waals surface area contributed by atoms with Gasteiger partial charge in [-0.2, -0.15) is 5.26 Å². The predicted molar refractivity (Wildman–Crippen MR) is 135 cm³/mol. The number of amides is 2. The highest BCUT2D eigenvalue weighted by atomic mass is 32.2. The maximum Gasteiger partial charge on any atom is 0.331 e. The van der Waals surface area contributed by atoms with E-state index in [0.717, 1.165) is 41.5 Å². The summed E-state index contributed by atoms with van der Waals surface area (Å²) in [5, 5.41) is 24.7. The van der Waals surface area contributed by atoms with E-state index in [0.29, 0.717) is 26.6 Å². The molecule has 0 fully saturated rings. The van der Waals surface area contributed by atoms with Gasteiger partial charge in [-0.3, -0.25) is 4.72 Å². The highest BCUT2D eigenvalue weighted by Crippen LogP contribution is 2.40. The number of nitrogens with one attached hydrogen (secondary N) is 2. The van der Waals surface area contributed by atoms with Crippen molar-refractivity contribution in [3.05, 3.63) is 70.6 Å². The standard InChI is InChI=1S/C25H23N5O3S2/c1-25(2,32)18-10-21(34-13-18)35(33)29-24(31)28-23-20-5-3-4-15(20)8-17(11-26)22(23)16-6-7-30-14-27-12-19(30)9-16/h6-10,12-14,32H,3-5H2,1-2H3,(H2,28,29,31). The molecular weight excluding hydrogens is 482 g/mol. The van der Waals surface area contributed by atoms with E-state index in [-0.39, 0.29) is 0 Å². The summed E-state index contributed by atoms with van der Waals surface area (Å²) < 4.78 is 17.6. The van der Waals surface area contributed by atoms with Crippen LogP contribution in [0.2, 0.25) is 0 Å². The van der Waals surface area contributed by atoms with Crippen molar-refractivity contribution in [1.82, 2.24) is 14.1 Å². The Balaban J connectivity index is 1.50. The van der Waals surface area contributed by atoms with Crippen LogP contribution in [0.25, 0.3) is 16.6 Å². The van der Waals surface area contributed by atoms with Gasteiger partial charge in [0.05, 0.1) is 41.0 Å². The first-order valence-corrected chi connectivity index (χ1v) is 13.1. The Morgan fingerprint density at radius 3 is 2.89 bits per heavy atom. The van der Waals surface area contributed by atoms with E-state index < -0.39 is 22.6 Å². The lowest BCUT2D eigenvalue weighted by atomic mass is 9.93. The van der Waals surface area contributed by atoms with Gasteiger partial charge in [0.2, 0.25) is 0 Å². The first-order valence-electron chi connectivity index (χ1n) is 11.1. The minimum atomic E-state index is -1.80. The van der Waals surface area contributed by atoms with Crippen molar-refractivity contribution in [2.75, 3.05) is 5.32 Å². The Morgan fingerprint density at radius 2 is 2.14 bits per heavy atom. The summed E-state index contributed by atoms with van der Waals surface area (Å²) in [5.74, 6) is 0. The monoisotopic (exact) mass is 505 g/mol. The molecular formula is C25H23N5O3S2. The molecule has 3 aromatic heterocycles. The molecule has 1 atom stereocenters. The third-order valence-electron chi connectivity index (χ3n) is 6.11. The lowest BCUT2D eigenvalue weighted by Gasteiger charge is -2.18. The topological polar surface area (TPSA) is 120 Å². The molecule has 5 rings (SSSR count). The van der Waals surface area contributed by atoms with E-state index in [1.165, 1.54) is 11.3 Å². The second-order valence-electron chi connectivity index (χ2n) is 8.96. The number of aryl methyl sites for hydroxylation is 1. The molecule has 0 saturated carbocycles. The van der Waals surface area contributed by atoms with Crippen molar-refractivity contribution in [3.63, 3.8) is 0 Å². The molecule has 35 heavy (non-hydrogen) atoms. The van der Waals surface area contributed by atoms with Gasteiger partial charge in [-0.25, -0.2) is 14.0 Å². The second-order valence-corrected chi connectivity index (χ2v) is 11.3. The van der Waals surface area contributed by atoms with Crippen molar-refractivity contribution in [2.45, 2.75) is 42.9 Å². The summed E-state index contributed by atoms with van der Waals surface area (Å²) in [6.45, 7) is 3.29. The highest BCUT2D eigenvalue weighted by molar-refractivity contribution is 7.86. The summed E-state index contributed by atoms with van der Waals surface area (Å²) in [7, 11) is -1.80. The van der Waals surface area contributed by atoms with Crippen molar-refractivity contribution in [2.24, 2.45) is 0 Å². The average molecular weight is 506 g/mol. The number of rotatable bonds is 5. The fourth-order valence-electron chi connectivity index (χ4n) is 4.35. The van der Waals surface area contributed by atoms with E-state index in [2.05, 4.69) is 21.1 Å². The van der Waals surface area contributed by atoms with Gasteiger partial charge in [-0.15, -0.1) is 11.3 Å². The summed E-state index contributed by atoms with van der Waals surface area (Å²) in [6, 6.07) is 9.00. The zero-order valence-electron chi connectivity index (χ0n) is 19.2. The molecule has 10 heteroatoms. The number of nitrogens with zero attached hydrogens (tertiary/aromatic N) is 3. The molecule has 3 heterocycles. The number of nitriles is 1. The molecule has 0 spiro atoms. The Kier molecular flexibility index (Phi) is 5.92. The van der Waals surface area contributed by atoms with E-state index in [1.54, 1.807) is 37.8 Å².